The van der Waals surface area contributed by atoms with Gasteiger partial charge in [0.1, 0.15) is 24.2 Å². The molecule has 12 fully saturated rings. The largest absolute Gasteiger partial charge is 0.481 e. The molecule has 5 unspecified atom stereocenters. The van der Waals surface area contributed by atoms with E-state index in [-0.39, 0.29) is 83.3 Å². The SMILES string of the molecule is C/C(=N\OCC(=O)O)c1nc2ccccc2n(C2C[C@H]3CCC[C@@H](C2)N3CCC2CC[C@H]3C[C@@H]2C3(C)C)c1=O.CO/N=C(\CCC(=O)O)c1nc2ccccc2n(C2C[C@H]3CCC[C@@H](C2)N3C2CCCCCCCCC2)c1=O.O=C(O)CC/C(=N\O)c1nc2ccccc2n(C2C[C@H]3CCC[C@@H](C2)N3C2C[C@H]3CCC[C@@H](C2)C3)c1=O. The number of carboxylic acid groups (broad SMARTS) is 3. The molecule has 115 heavy (non-hydrogen) atoms. The first-order chi connectivity index (χ1) is 55.8. The molecule has 15 atom stereocenters. The first kappa shape index (κ1) is 81.9. The first-order valence-corrected chi connectivity index (χ1v) is 44.3. The van der Waals surface area contributed by atoms with E-state index in [0.29, 0.717) is 70.7 Å². The zero-order valence-corrected chi connectivity index (χ0v) is 68.4. The lowest BCUT2D eigenvalue weighted by atomic mass is 9.45. The predicted octanol–water partition coefficient (Wildman–Crippen LogP) is 16.3. The summed E-state index contributed by atoms with van der Waals surface area (Å²) in [6, 6.07) is 27.8. The Hall–Kier alpha value is -8.22. The maximum atomic E-state index is 14.1. The highest BCUT2D eigenvalue weighted by molar-refractivity contribution is 6.02. The Kier molecular flexibility index (Phi) is 26.2. The fourth-order valence-corrected chi connectivity index (χ4v) is 24.4. The van der Waals surface area contributed by atoms with Crippen LogP contribution < -0.4 is 16.7 Å². The Morgan fingerprint density at radius 3 is 1.32 bits per heavy atom. The van der Waals surface area contributed by atoms with E-state index in [9.17, 15) is 39.1 Å². The third-order valence-corrected chi connectivity index (χ3v) is 29.6. The zero-order chi connectivity index (χ0) is 80.0. The molecule has 4 N–H and O–H groups in total. The van der Waals surface area contributed by atoms with Crippen molar-refractivity contribution >= 4 is 68.1 Å². The van der Waals surface area contributed by atoms with Crippen LogP contribution in [0.2, 0.25) is 0 Å². The summed E-state index contributed by atoms with van der Waals surface area (Å²) in [5.41, 5.74) is 5.66. The summed E-state index contributed by atoms with van der Waals surface area (Å²) in [5.74, 6) is 1.44. The standard InChI is InChI=1S/C31H42N4O4.C31H44N4O4.C29H38N4O4/c1-19(33-39-18-28(36)37)29-30(38)35(27-10-5-4-9-26(27)32-29)24-16-22-7-6-8-23(17-24)34(22)14-13-20-11-12-21-15-25(20)31(21,2)3;1-39-33-27(18-19-29(36)37)30-31(38)35(28-17-10-9-16-26(28)32-30)25-20-23-14-11-15-24(21-25)34(23)22-12-7-5-3-2-4-6-8-13-22;34-27(35)12-11-25(31-37)28-29(36)33(26-10-2-1-9-24(26)30-28)23-16-20-7-4-8-21(17-23)32(20)22-14-18-5-3-6-19(13-18)15-22/h4-5,9-10,20-25H,6-8,11-18H2,1-3H3,(H,36,37);9-10,16-17,22-25H,2-8,11-15,18-21H2,1H3,(H,36,37);1-2,9-10,18-23,37H,3-8,11-17H2,(H,34,35)/b33-19+;33-27+;31-25+/t20?,21-,22-,23+,24?,25-;23-,24+,25?;18-,19+,20-,21+,22?,23?/m0../s1. The van der Waals surface area contributed by atoms with Crippen LogP contribution in [-0.2, 0) is 24.1 Å². The number of rotatable bonds is 21. The van der Waals surface area contributed by atoms with Gasteiger partial charge in [0, 0.05) is 79.3 Å². The number of benzene rings is 3. The third-order valence-electron chi connectivity index (χ3n) is 29.6. The molecule has 6 aromatic rings. The highest BCUT2D eigenvalue weighted by atomic mass is 16.6. The lowest BCUT2D eigenvalue weighted by Gasteiger charge is -2.60. The number of hydrogen-bond acceptors (Lipinski definition) is 18. The summed E-state index contributed by atoms with van der Waals surface area (Å²) >= 11 is 0. The molecule has 12 aliphatic rings. The van der Waals surface area contributed by atoms with Crippen molar-refractivity contribution < 1.29 is 44.6 Å². The molecule has 9 heterocycles. The molecule has 6 aliphatic heterocycles. The van der Waals surface area contributed by atoms with Gasteiger partial charge in [-0.1, -0.05) is 149 Å². The number of para-hydroxylation sites is 6. The van der Waals surface area contributed by atoms with Gasteiger partial charge in [-0.2, -0.15) is 0 Å². The minimum atomic E-state index is -1.11. The second-order valence-corrected chi connectivity index (χ2v) is 36.7. The van der Waals surface area contributed by atoms with Crippen molar-refractivity contribution in [2.45, 2.75) is 331 Å². The predicted molar refractivity (Wildman–Crippen MR) is 445 cm³/mol. The van der Waals surface area contributed by atoms with E-state index in [0.717, 1.165) is 95.7 Å². The number of nitrogens with zero attached hydrogens (tertiary/aromatic N) is 12. The van der Waals surface area contributed by atoms with Gasteiger partial charge < -0.3 is 43.9 Å². The molecule has 6 saturated heterocycles. The quantitative estimate of drug-likeness (QED) is 0.0296. The van der Waals surface area contributed by atoms with Crippen molar-refractivity contribution in [2.75, 3.05) is 20.3 Å². The van der Waals surface area contributed by atoms with Gasteiger partial charge in [-0.25, -0.2) is 19.7 Å². The molecule has 24 heteroatoms. The van der Waals surface area contributed by atoms with E-state index >= 15 is 0 Å². The van der Waals surface area contributed by atoms with Crippen LogP contribution in [0, 0.1) is 35.0 Å². The van der Waals surface area contributed by atoms with Gasteiger partial charge >= 0.3 is 17.9 Å². The van der Waals surface area contributed by atoms with E-state index in [2.05, 4.69) is 59.0 Å². The van der Waals surface area contributed by atoms with Gasteiger partial charge in [-0.05, 0) is 220 Å². The van der Waals surface area contributed by atoms with Crippen LogP contribution in [-0.4, -0.2) is 168 Å². The number of aromatic nitrogens is 6. The zero-order valence-electron chi connectivity index (χ0n) is 68.4. The number of carboxylic acids is 3. The van der Waals surface area contributed by atoms with E-state index < -0.39 is 24.5 Å². The Morgan fingerprint density at radius 1 is 0.443 bits per heavy atom. The van der Waals surface area contributed by atoms with Gasteiger partial charge in [-0.15, -0.1) is 0 Å². The van der Waals surface area contributed by atoms with E-state index in [1.807, 2.05) is 86.5 Å². The number of hydrogen-bond donors (Lipinski definition) is 4. The summed E-state index contributed by atoms with van der Waals surface area (Å²) in [4.78, 5) is 108. The van der Waals surface area contributed by atoms with Crippen molar-refractivity contribution in [1.82, 2.24) is 43.4 Å². The van der Waals surface area contributed by atoms with E-state index in [4.69, 9.17) is 19.9 Å². The Labute approximate surface area is 675 Å². The molecule has 620 valence electrons. The van der Waals surface area contributed by atoms with Crippen molar-refractivity contribution in [1.29, 1.82) is 0 Å². The highest BCUT2D eigenvalue weighted by Crippen LogP contribution is 2.62. The van der Waals surface area contributed by atoms with Crippen LogP contribution in [0.3, 0.4) is 0 Å². The van der Waals surface area contributed by atoms with Crippen LogP contribution in [0.25, 0.3) is 33.1 Å². The average molecular weight is 1580 g/mol. The van der Waals surface area contributed by atoms with E-state index in [1.54, 1.807) is 6.92 Å². The lowest BCUT2D eigenvalue weighted by Crippen LogP contribution is -2.58. The third kappa shape index (κ3) is 18.0. The van der Waals surface area contributed by atoms with Crippen LogP contribution in [0.4, 0.5) is 0 Å². The Morgan fingerprint density at radius 2 is 0.861 bits per heavy atom. The van der Waals surface area contributed by atoms with Crippen LogP contribution in [0.5, 0.6) is 0 Å². The molecular formula is C91H124N12O12. The molecular weight excluding hydrogens is 1450 g/mol. The van der Waals surface area contributed by atoms with Crippen LogP contribution in [0.15, 0.2) is 103 Å². The molecule has 6 aliphatic carbocycles. The summed E-state index contributed by atoms with van der Waals surface area (Å²) < 4.78 is 5.80. The summed E-state index contributed by atoms with van der Waals surface area (Å²) in [7, 11) is 1.41. The number of oxime groups is 3. The summed E-state index contributed by atoms with van der Waals surface area (Å²) in [5, 5.41) is 48.2. The van der Waals surface area contributed by atoms with Crippen molar-refractivity contribution in [3.63, 3.8) is 0 Å². The second kappa shape index (κ2) is 36.7. The molecule has 24 nitrogen and oxygen atoms in total. The molecule has 0 radical (unpaired) electrons. The minimum Gasteiger partial charge on any atom is -0.481 e. The molecule has 18 rings (SSSR count). The van der Waals surface area contributed by atoms with Gasteiger partial charge in [0.2, 0.25) is 6.61 Å². The fraction of sp³-hybridized carbons (Fsp3) is 0.670. The maximum absolute atomic E-state index is 14.1. The molecule has 3 aromatic carbocycles. The molecule has 0 amide bonds. The monoisotopic (exact) mass is 1580 g/mol. The second-order valence-electron chi connectivity index (χ2n) is 36.7. The number of carbonyl (C=O) groups is 3. The number of aliphatic carboxylic acids is 3. The first-order valence-electron chi connectivity index (χ1n) is 44.3. The number of piperidine rings is 6. The van der Waals surface area contributed by atoms with Crippen LogP contribution >= 0.6 is 0 Å². The molecule has 0 spiro atoms. The smallest absolute Gasteiger partial charge is 0.344 e. The van der Waals surface area contributed by atoms with Gasteiger partial charge in [0.25, 0.3) is 16.7 Å². The van der Waals surface area contributed by atoms with Gasteiger partial charge in [-0.3, -0.25) is 38.7 Å². The van der Waals surface area contributed by atoms with Crippen LogP contribution in [0.1, 0.15) is 300 Å². The van der Waals surface area contributed by atoms with Crippen molar-refractivity contribution in [3.05, 3.63) is 121 Å². The fourth-order valence-electron chi connectivity index (χ4n) is 24.4. The number of fused-ring (bicyclic) bond motifs is 13. The highest BCUT2D eigenvalue weighted by Gasteiger charge is 2.55. The minimum absolute atomic E-state index is 0.0401. The van der Waals surface area contributed by atoms with Gasteiger partial charge in [0.15, 0.2) is 17.1 Å². The molecule has 3 aromatic heterocycles. The normalized spacial score (nSPS) is 30.1. The van der Waals surface area contributed by atoms with Crippen molar-refractivity contribution in [3.8, 4) is 0 Å². The topological polar surface area (TPSA) is 302 Å². The van der Waals surface area contributed by atoms with Gasteiger partial charge in [0.05, 0.1) is 45.9 Å². The summed E-state index contributed by atoms with van der Waals surface area (Å²) in [6.07, 6.45) is 42.4. The van der Waals surface area contributed by atoms with Crippen molar-refractivity contribution in [2.24, 2.45) is 50.5 Å². The Balaban J connectivity index is 0.000000136. The van der Waals surface area contributed by atoms with E-state index in [1.165, 1.54) is 193 Å². The molecule has 10 bridgehead atoms. The maximum Gasteiger partial charge on any atom is 0.344 e. The summed E-state index contributed by atoms with van der Waals surface area (Å²) in [6.45, 7) is 7.27. The molecule has 6 saturated carbocycles. The lowest BCUT2D eigenvalue weighted by molar-refractivity contribution is -0.142. The average Bonchev–Trinajstić information content (AvgIpc) is 0.747. The Bertz CT molecular complexity index is 4680.